The fourth-order valence-corrected chi connectivity index (χ4v) is 4.68. The Bertz CT molecular complexity index is 1490. The highest BCUT2D eigenvalue weighted by Gasteiger charge is 2.19. The number of benzene rings is 3. The highest BCUT2D eigenvalue weighted by atomic mass is 35.5. The van der Waals surface area contributed by atoms with Crippen LogP contribution in [0.25, 0.3) is 28.4 Å². The van der Waals surface area contributed by atoms with Crippen molar-refractivity contribution in [2.75, 3.05) is 5.75 Å². The summed E-state index contributed by atoms with van der Waals surface area (Å²) in [6.07, 6.45) is 0. The van der Waals surface area contributed by atoms with Crippen LogP contribution in [0.1, 0.15) is 16.1 Å². The SMILES string of the molecule is Cc1ccc(-n2c(SCC(=O)c3ccc(-c4ccc(Cl)c(Cl)c4)o3)nnc2-c2ccccc2)cc1. The summed E-state index contributed by atoms with van der Waals surface area (Å²) >= 11 is 13.4. The largest absolute Gasteiger partial charge is 0.453 e. The van der Waals surface area contributed by atoms with Crippen LogP contribution in [0, 0.1) is 6.92 Å². The van der Waals surface area contributed by atoms with E-state index in [9.17, 15) is 4.79 Å². The van der Waals surface area contributed by atoms with Crippen molar-refractivity contribution < 1.29 is 9.21 Å². The van der Waals surface area contributed by atoms with Gasteiger partial charge in [0.15, 0.2) is 16.7 Å². The van der Waals surface area contributed by atoms with Crippen molar-refractivity contribution in [2.24, 2.45) is 0 Å². The van der Waals surface area contributed by atoms with Crippen LogP contribution in [0.4, 0.5) is 0 Å². The van der Waals surface area contributed by atoms with Crippen molar-refractivity contribution in [3.63, 3.8) is 0 Å². The van der Waals surface area contributed by atoms with E-state index in [1.165, 1.54) is 11.8 Å². The molecule has 0 aliphatic carbocycles. The molecule has 5 nitrogen and oxygen atoms in total. The van der Waals surface area contributed by atoms with Gasteiger partial charge in [-0.15, -0.1) is 10.2 Å². The lowest BCUT2D eigenvalue weighted by molar-refractivity contribution is 0.0993. The number of aryl methyl sites for hydroxylation is 1. The minimum Gasteiger partial charge on any atom is -0.453 e. The first-order chi connectivity index (χ1) is 17.0. The Morgan fingerprint density at radius 1 is 0.886 bits per heavy atom. The van der Waals surface area contributed by atoms with Gasteiger partial charge in [0.25, 0.3) is 0 Å². The number of hydrogen-bond donors (Lipinski definition) is 0. The average Bonchev–Trinajstić information content (AvgIpc) is 3.53. The molecular weight excluding hydrogens is 501 g/mol. The van der Waals surface area contributed by atoms with Gasteiger partial charge in [-0.3, -0.25) is 9.36 Å². The van der Waals surface area contributed by atoms with Crippen LogP contribution in [-0.4, -0.2) is 26.3 Å². The van der Waals surface area contributed by atoms with Gasteiger partial charge >= 0.3 is 0 Å². The summed E-state index contributed by atoms with van der Waals surface area (Å²) in [5.74, 6) is 1.52. The third kappa shape index (κ3) is 5.05. The number of halogens is 2. The van der Waals surface area contributed by atoms with E-state index in [-0.39, 0.29) is 17.3 Å². The molecule has 0 amide bonds. The van der Waals surface area contributed by atoms with Gasteiger partial charge in [-0.05, 0) is 49.4 Å². The second-order valence-corrected chi connectivity index (χ2v) is 9.60. The van der Waals surface area contributed by atoms with E-state index in [2.05, 4.69) is 10.2 Å². The predicted molar refractivity (Wildman–Crippen MR) is 141 cm³/mol. The van der Waals surface area contributed by atoms with E-state index in [1.54, 1.807) is 30.3 Å². The van der Waals surface area contributed by atoms with Crippen molar-refractivity contribution in [3.8, 4) is 28.4 Å². The van der Waals surface area contributed by atoms with Crippen molar-refractivity contribution in [3.05, 3.63) is 106 Å². The number of Topliss-reactive ketones (excluding diaryl/α,β-unsaturated/α-hetero) is 1. The lowest BCUT2D eigenvalue weighted by Gasteiger charge is -2.10. The van der Waals surface area contributed by atoms with Gasteiger partial charge < -0.3 is 4.42 Å². The lowest BCUT2D eigenvalue weighted by Crippen LogP contribution is -2.04. The van der Waals surface area contributed by atoms with Crippen LogP contribution in [0.3, 0.4) is 0 Å². The molecule has 0 aliphatic rings. The Hall–Kier alpha value is -3.32. The number of nitrogens with zero attached hydrogens (tertiary/aromatic N) is 3. The number of ketones is 1. The van der Waals surface area contributed by atoms with Gasteiger partial charge in [-0.2, -0.15) is 0 Å². The first kappa shape index (κ1) is 23.4. The fourth-order valence-electron chi connectivity index (χ4n) is 3.56. The van der Waals surface area contributed by atoms with Crippen LogP contribution in [0.2, 0.25) is 10.0 Å². The van der Waals surface area contributed by atoms with Crippen molar-refractivity contribution in [1.82, 2.24) is 14.8 Å². The van der Waals surface area contributed by atoms with E-state index in [4.69, 9.17) is 27.6 Å². The molecule has 0 spiro atoms. The van der Waals surface area contributed by atoms with Crippen LogP contribution in [0.15, 0.2) is 94.5 Å². The molecule has 2 heterocycles. The minimum absolute atomic E-state index is 0.146. The maximum absolute atomic E-state index is 12.9. The molecule has 0 aliphatic heterocycles. The molecule has 3 aromatic carbocycles. The molecule has 0 fully saturated rings. The highest BCUT2D eigenvalue weighted by Crippen LogP contribution is 2.31. The summed E-state index contributed by atoms with van der Waals surface area (Å²) in [5.41, 5.74) is 3.77. The van der Waals surface area contributed by atoms with Crippen molar-refractivity contribution in [1.29, 1.82) is 0 Å². The molecule has 174 valence electrons. The molecule has 8 heteroatoms. The summed E-state index contributed by atoms with van der Waals surface area (Å²) in [6, 6.07) is 26.6. The normalized spacial score (nSPS) is 11.1. The maximum atomic E-state index is 12.9. The first-order valence-corrected chi connectivity index (χ1v) is 12.5. The standard InChI is InChI=1S/C27H19Cl2N3O2S/c1-17-7-10-20(11-8-17)32-26(18-5-3-2-4-6-18)30-31-27(32)35-16-23(33)25-14-13-24(34-25)19-9-12-21(28)22(29)15-19/h2-15H,16H2,1H3. The summed E-state index contributed by atoms with van der Waals surface area (Å²) in [5, 5.41) is 10.3. The number of furan rings is 1. The molecule has 0 unspecified atom stereocenters. The summed E-state index contributed by atoms with van der Waals surface area (Å²) in [4.78, 5) is 12.9. The van der Waals surface area contributed by atoms with E-state index < -0.39 is 0 Å². The lowest BCUT2D eigenvalue weighted by atomic mass is 10.2. The van der Waals surface area contributed by atoms with Gasteiger partial charge in [0.2, 0.25) is 5.78 Å². The van der Waals surface area contributed by atoms with E-state index in [0.29, 0.717) is 26.8 Å². The number of carbonyl (C=O) groups is 1. The smallest absolute Gasteiger partial charge is 0.208 e. The van der Waals surface area contributed by atoms with Crippen LogP contribution in [0.5, 0.6) is 0 Å². The molecule has 2 aromatic heterocycles. The van der Waals surface area contributed by atoms with E-state index in [1.807, 2.05) is 66.1 Å². The summed E-state index contributed by atoms with van der Waals surface area (Å²) < 4.78 is 7.78. The number of rotatable bonds is 7. The Labute approximate surface area is 216 Å². The Morgan fingerprint density at radius 3 is 2.40 bits per heavy atom. The zero-order valence-electron chi connectivity index (χ0n) is 18.6. The van der Waals surface area contributed by atoms with Gasteiger partial charge in [-0.25, -0.2) is 0 Å². The van der Waals surface area contributed by atoms with Gasteiger partial charge in [0.05, 0.1) is 15.8 Å². The fraction of sp³-hybridized carbons (Fsp3) is 0.0741. The first-order valence-electron chi connectivity index (χ1n) is 10.8. The van der Waals surface area contributed by atoms with E-state index >= 15 is 0 Å². The summed E-state index contributed by atoms with van der Waals surface area (Å²) in [7, 11) is 0. The topological polar surface area (TPSA) is 60.9 Å². The zero-order valence-corrected chi connectivity index (χ0v) is 20.9. The van der Waals surface area contributed by atoms with Gasteiger partial charge in [0, 0.05) is 16.8 Å². The summed E-state index contributed by atoms with van der Waals surface area (Å²) in [6.45, 7) is 2.04. The van der Waals surface area contributed by atoms with Crippen molar-refractivity contribution >= 4 is 40.7 Å². The second kappa shape index (κ2) is 10.1. The molecule has 5 rings (SSSR count). The molecule has 0 bridgehead atoms. The monoisotopic (exact) mass is 519 g/mol. The molecule has 0 radical (unpaired) electrons. The quantitative estimate of drug-likeness (QED) is 0.162. The Morgan fingerprint density at radius 2 is 1.66 bits per heavy atom. The molecule has 5 aromatic rings. The van der Waals surface area contributed by atoms with Crippen LogP contribution < -0.4 is 0 Å². The third-order valence-corrected chi connectivity index (χ3v) is 7.04. The van der Waals surface area contributed by atoms with Crippen LogP contribution >= 0.6 is 35.0 Å². The molecule has 0 saturated carbocycles. The number of aromatic nitrogens is 3. The van der Waals surface area contributed by atoms with Gasteiger partial charge in [-0.1, -0.05) is 83.0 Å². The molecule has 0 N–H and O–H groups in total. The maximum Gasteiger partial charge on any atom is 0.208 e. The molecule has 0 atom stereocenters. The van der Waals surface area contributed by atoms with Gasteiger partial charge in [0.1, 0.15) is 5.76 Å². The second-order valence-electron chi connectivity index (χ2n) is 7.85. The number of hydrogen-bond acceptors (Lipinski definition) is 5. The van der Waals surface area contributed by atoms with Crippen molar-refractivity contribution in [2.45, 2.75) is 12.1 Å². The highest BCUT2D eigenvalue weighted by molar-refractivity contribution is 7.99. The minimum atomic E-state index is -0.152. The number of thioether (sulfide) groups is 1. The average molecular weight is 520 g/mol. The van der Waals surface area contributed by atoms with E-state index in [0.717, 1.165) is 22.4 Å². The number of carbonyl (C=O) groups excluding carboxylic acids is 1. The zero-order chi connectivity index (χ0) is 24.4. The predicted octanol–water partition coefficient (Wildman–Crippen LogP) is 7.78. The Kier molecular flexibility index (Phi) is 6.77. The molecule has 35 heavy (non-hydrogen) atoms. The Balaban J connectivity index is 1.39. The molecule has 0 saturated heterocycles. The molecular formula is C27H19Cl2N3O2S. The third-order valence-electron chi connectivity index (χ3n) is 5.37. The van der Waals surface area contributed by atoms with Crippen LogP contribution in [-0.2, 0) is 0 Å².